The molecule has 1 aliphatic heterocycles. The lowest BCUT2D eigenvalue weighted by Crippen LogP contribution is -2.59. The third kappa shape index (κ3) is 6.26. The quantitative estimate of drug-likeness (QED) is 0.420. The first-order valence-electron chi connectivity index (χ1n) is 8.24. The third-order valence-corrected chi connectivity index (χ3v) is 3.73. The van der Waals surface area contributed by atoms with Crippen LogP contribution in [0.15, 0.2) is 0 Å². The van der Waals surface area contributed by atoms with Gasteiger partial charge in [-0.3, -0.25) is 19.2 Å². The molecule has 0 spiro atoms. The maximum Gasteiger partial charge on any atom is 0.325 e. The third-order valence-electron chi connectivity index (χ3n) is 3.73. The van der Waals surface area contributed by atoms with E-state index < -0.39 is 54.1 Å². The first-order chi connectivity index (χ1) is 12.2. The predicted octanol–water partition coefficient (Wildman–Crippen LogP) is -1.08. The van der Waals surface area contributed by atoms with Crippen molar-refractivity contribution in [2.45, 2.75) is 52.1 Å². The normalized spacial score (nSPS) is 26.3. The topological polar surface area (TPSA) is 137 Å². The maximum absolute atomic E-state index is 12.2. The Bertz CT molecular complexity index is 536. The lowest BCUT2D eigenvalue weighted by atomic mass is 9.90. The van der Waals surface area contributed by atoms with E-state index in [4.69, 9.17) is 18.9 Å². The molecule has 1 amide bonds. The van der Waals surface area contributed by atoms with Crippen LogP contribution >= 0.6 is 0 Å². The molecule has 0 radical (unpaired) electrons. The Morgan fingerprint density at radius 1 is 1.19 bits per heavy atom. The molecule has 2 unspecified atom stereocenters. The number of aliphatic hydroxyl groups excluding tert-OH is 1. The van der Waals surface area contributed by atoms with Crippen LogP contribution in [0, 0.1) is 5.92 Å². The van der Waals surface area contributed by atoms with Gasteiger partial charge in [-0.1, -0.05) is 6.92 Å². The van der Waals surface area contributed by atoms with Crippen LogP contribution in [0.3, 0.4) is 0 Å². The van der Waals surface area contributed by atoms with Gasteiger partial charge in [0, 0.05) is 13.8 Å². The van der Waals surface area contributed by atoms with E-state index in [0.717, 1.165) is 6.92 Å². The summed E-state index contributed by atoms with van der Waals surface area (Å²) in [6.07, 6.45) is -4.58. The predicted molar refractivity (Wildman–Crippen MR) is 85.7 cm³/mol. The van der Waals surface area contributed by atoms with Gasteiger partial charge < -0.3 is 29.4 Å². The van der Waals surface area contributed by atoms with E-state index in [-0.39, 0.29) is 19.8 Å². The Labute approximate surface area is 151 Å². The van der Waals surface area contributed by atoms with Crippen molar-refractivity contribution in [1.29, 1.82) is 0 Å². The first kappa shape index (κ1) is 21.8. The van der Waals surface area contributed by atoms with Gasteiger partial charge in [0.25, 0.3) is 0 Å². The molecule has 0 aliphatic carbocycles. The number of carbonyl (C=O) groups is 4. The Morgan fingerprint density at radius 2 is 1.81 bits per heavy atom. The van der Waals surface area contributed by atoms with Crippen molar-refractivity contribution < 1.29 is 43.2 Å². The largest absolute Gasteiger partial charge is 0.465 e. The zero-order valence-corrected chi connectivity index (χ0v) is 15.2. The molecule has 1 aliphatic rings. The number of nitrogens with one attached hydrogen (secondary N) is 1. The summed E-state index contributed by atoms with van der Waals surface area (Å²) in [6.45, 7) is 5.18. The smallest absolute Gasteiger partial charge is 0.325 e. The fourth-order valence-electron chi connectivity index (χ4n) is 2.58. The lowest BCUT2D eigenvalue weighted by Gasteiger charge is -2.40. The van der Waals surface area contributed by atoms with E-state index >= 15 is 0 Å². The Kier molecular flexibility index (Phi) is 8.46. The molecule has 1 saturated heterocycles. The zero-order valence-electron chi connectivity index (χ0n) is 15.2. The molecule has 0 saturated carbocycles. The highest BCUT2D eigenvalue weighted by Crippen LogP contribution is 2.26. The van der Waals surface area contributed by atoms with Gasteiger partial charge in [0.1, 0.15) is 12.6 Å². The summed E-state index contributed by atoms with van der Waals surface area (Å²) in [5.74, 6) is -3.30. The Balaban J connectivity index is 2.76. The monoisotopic (exact) mass is 375 g/mol. The van der Waals surface area contributed by atoms with E-state index in [2.05, 4.69) is 5.32 Å². The van der Waals surface area contributed by atoms with Gasteiger partial charge in [0.15, 0.2) is 12.2 Å². The SMILES string of the molecule is CCOC(=O)CNC(=O)C(C)C1OC[C@@H](OC(C)=O)[C@H](OC(C)=O)[C@H]1O. The minimum atomic E-state index is -1.40. The zero-order chi connectivity index (χ0) is 19.9. The first-order valence-corrected chi connectivity index (χ1v) is 8.24. The molecule has 1 rings (SSSR count). The second-order valence-electron chi connectivity index (χ2n) is 5.82. The van der Waals surface area contributed by atoms with Crippen molar-refractivity contribution in [3.63, 3.8) is 0 Å². The Hall–Kier alpha value is -2.20. The van der Waals surface area contributed by atoms with Gasteiger partial charge in [-0.25, -0.2) is 0 Å². The number of rotatable bonds is 7. The highest BCUT2D eigenvalue weighted by molar-refractivity contribution is 5.83. The number of carbonyl (C=O) groups excluding carboxylic acids is 4. The van der Waals surface area contributed by atoms with Crippen molar-refractivity contribution >= 4 is 23.8 Å². The average molecular weight is 375 g/mol. The molecule has 5 atom stereocenters. The number of ether oxygens (including phenoxy) is 4. The van der Waals surface area contributed by atoms with E-state index in [0.29, 0.717) is 0 Å². The number of amides is 1. The van der Waals surface area contributed by atoms with E-state index in [1.54, 1.807) is 6.92 Å². The van der Waals surface area contributed by atoms with Crippen LogP contribution in [0.2, 0.25) is 0 Å². The van der Waals surface area contributed by atoms with Gasteiger partial charge in [0.2, 0.25) is 5.91 Å². The second-order valence-corrected chi connectivity index (χ2v) is 5.82. The number of esters is 3. The van der Waals surface area contributed by atoms with Gasteiger partial charge in [-0.05, 0) is 6.92 Å². The van der Waals surface area contributed by atoms with E-state index in [1.807, 2.05) is 0 Å². The molecular weight excluding hydrogens is 350 g/mol. The van der Waals surface area contributed by atoms with E-state index in [9.17, 15) is 24.3 Å². The molecule has 1 heterocycles. The van der Waals surface area contributed by atoms with Gasteiger partial charge in [-0.15, -0.1) is 0 Å². The van der Waals surface area contributed by atoms with Gasteiger partial charge in [-0.2, -0.15) is 0 Å². The summed E-state index contributed by atoms with van der Waals surface area (Å²) in [4.78, 5) is 45.9. The molecule has 0 aromatic heterocycles. The molecule has 26 heavy (non-hydrogen) atoms. The van der Waals surface area contributed by atoms with Crippen molar-refractivity contribution in [2.24, 2.45) is 5.92 Å². The minimum absolute atomic E-state index is 0.158. The molecule has 0 aromatic carbocycles. The summed E-state index contributed by atoms with van der Waals surface area (Å²) in [5, 5.41) is 12.9. The van der Waals surface area contributed by atoms with Crippen LogP contribution in [0.5, 0.6) is 0 Å². The molecule has 10 heteroatoms. The lowest BCUT2D eigenvalue weighted by molar-refractivity contribution is -0.223. The molecule has 10 nitrogen and oxygen atoms in total. The van der Waals surface area contributed by atoms with Crippen LogP contribution in [0.1, 0.15) is 27.7 Å². The second kappa shape index (κ2) is 10.1. The van der Waals surface area contributed by atoms with E-state index in [1.165, 1.54) is 13.8 Å². The summed E-state index contributed by atoms with van der Waals surface area (Å²) in [5.41, 5.74) is 0. The van der Waals surface area contributed by atoms with Crippen molar-refractivity contribution in [3.05, 3.63) is 0 Å². The van der Waals surface area contributed by atoms with Crippen LogP contribution < -0.4 is 5.32 Å². The highest BCUT2D eigenvalue weighted by atomic mass is 16.6. The summed E-state index contributed by atoms with van der Waals surface area (Å²) >= 11 is 0. The van der Waals surface area contributed by atoms with Crippen molar-refractivity contribution in [1.82, 2.24) is 5.32 Å². The fourth-order valence-corrected chi connectivity index (χ4v) is 2.58. The van der Waals surface area contributed by atoms with Gasteiger partial charge in [0.05, 0.1) is 25.2 Å². The van der Waals surface area contributed by atoms with Crippen molar-refractivity contribution in [2.75, 3.05) is 19.8 Å². The van der Waals surface area contributed by atoms with Crippen LogP contribution in [0.25, 0.3) is 0 Å². The van der Waals surface area contributed by atoms with Crippen LogP contribution in [-0.2, 0) is 38.1 Å². The minimum Gasteiger partial charge on any atom is -0.465 e. The van der Waals surface area contributed by atoms with Crippen LogP contribution in [-0.4, -0.2) is 73.1 Å². The molecule has 2 N–H and O–H groups in total. The number of hydrogen-bond donors (Lipinski definition) is 2. The summed E-state index contributed by atoms with van der Waals surface area (Å²) in [7, 11) is 0. The number of aliphatic hydroxyl groups is 1. The summed E-state index contributed by atoms with van der Waals surface area (Å²) in [6, 6.07) is 0. The molecule has 1 fully saturated rings. The standard InChI is InChI=1S/C16H25NO9/c1-5-23-12(20)6-17-16(22)8(2)14-13(21)15(26-10(4)19)11(7-24-14)25-9(3)18/h8,11,13-15,21H,5-7H2,1-4H3,(H,17,22)/t8?,11-,13+,14?,15+/m1/s1. The molecule has 0 bridgehead atoms. The number of hydrogen-bond acceptors (Lipinski definition) is 9. The fraction of sp³-hybridized carbons (Fsp3) is 0.750. The summed E-state index contributed by atoms with van der Waals surface area (Å²) < 4.78 is 20.2. The molecular formula is C16H25NO9. The highest BCUT2D eigenvalue weighted by Gasteiger charge is 2.46. The Morgan fingerprint density at radius 3 is 2.35 bits per heavy atom. The molecule has 0 aromatic rings. The maximum atomic E-state index is 12.2. The van der Waals surface area contributed by atoms with Crippen LogP contribution in [0.4, 0.5) is 0 Å². The van der Waals surface area contributed by atoms with Crippen molar-refractivity contribution in [3.8, 4) is 0 Å². The van der Waals surface area contributed by atoms with Gasteiger partial charge >= 0.3 is 17.9 Å². The average Bonchev–Trinajstić information content (AvgIpc) is 2.55. The molecule has 148 valence electrons.